The Bertz CT molecular complexity index is 705. The first-order valence-electron chi connectivity index (χ1n) is 6.48. The first-order valence-corrected chi connectivity index (χ1v) is 6.48. The fourth-order valence-corrected chi connectivity index (χ4v) is 2.16. The summed E-state index contributed by atoms with van der Waals surface area (Å²) in [7, 11) is 1.66. The summed E-state index contributed by atoms with van der Waals surface area (Å²) in [5.41, 5.74) is 2.93. The lowest BCUT2D eigenvalue weighted by Crippen LogP contribution is -2.16. The number of aromatic nitrogens is 3. The predicted octanol–water partition coefficient (Wildman–Crippen LogP) is 3.07. The van der Waals surface area contributed by atoms with Gasteiger partial charge in [0.05, 0.1) is 12.6 Å². The van der Waals surface area contributed by atoms with E-state index in [0.29, 0.717) is 0 Å². The summed E-state index contributed by atoms with van der Waals surface area (Å²) < 4.78 is 7.02. The van der Waals surface area contributed by atoms with Gasteiger partial charge in [-0.1, -0.05) is 17.3 Å². The molecule has 0 aliphatic carbocycles. The molecule has 1 atom stereocenters. The van der Waals surface area contributed by atoms with Crippen LogP contribution in [-0.2, 0) is 0 Å². The van der Waals surface area contributed by atoms with E-state index in [2.05, 4.69) is 15.6 Å². The Morgan fingerprint density at radius 1 is 1.10 bits per heavy atom. The molecule has 0 fully saturated rings. The van der Waals surface area contributed by atoms with Crippen LogP contribution in [0, 0.1) is 0 Å². The SMILES string of the molecule is COc1ccc(NC(C)n2nnc3ccccc32)cc1. The molecule has 0 radical (unpaired) electrons. The van der Waals surface area contributed by atoms with E-state index < -0.39 is 0 Å². The zero-order valence-corrected chi connectivity index (χ0v) is 11.4. The highest BCUT2D eigenvalue weighted by Gasteiger charge is 2.10. The van der Waals surface area contributed by atoms with E-state index in [4.69, 9.17) is 4.74 Å². The number of fused-ring (bicyclic) bond motifs is 1. The zero-order valence-electron chi connectivity index (χ0n) is 11.4. The van der Waals surface area contributed by atoms with Crippen LogP contribution in [0.3, 0.4) is 0 Å². The molecule has 0 amide bonds. The highest BCUT2D eigenvalue weighted by Crippen LogP contribution is 2.20. The van der Waals surface area contributed by atoms with Crippen LogP contribution in [0.25, 0.3) is 11.0 Å². The van der Waals surface area contributed by atoms with E-state index in [-0.39, 0.29) is 6.17 Å². The first-order chi connectivity index (χ1) is 9.78. The quantitative estimate of drug-likeness (QED) is 0.790. The van der Waals surface area contributed by atoms with Gasteiger partial charge < -0.3 is 10.1 Å². The molecule has 0 aliphatic rings. The van der Waals surface area contributed by atoms with Gasteiger partial charge in [-0.15, -0.1) is 5.10 Å². The second-order valence-corrected chi connectivity index (χ2v) is 4.57. The fourth-order valence-electron chi connectivity index (χ4n) is 2.16. The van der Waals surface area contributed by atoms with Crippen molar-refractivity contribution >= 4 is 16.7 Å². The van der Waals surface area contributed by atoms with Crippen molar-refractivity contribution in [2.75, 3.05) is 12.4 Å². The summed E-state index contributed by atoms with van der Waals surface area (Å²) in [6, 6.07) is 15.7. The van der Waals surface area contributed by atoms with Gasteiger partial charge in [-0.05, 0) is 43.3 Å². The largest absolute Gasteiger partial charge is 0.497 e. The topological polar surface area (TPSA) is 52.0 Å². The number of methoxy groups -OCH3 is 1. The molecule has 3 aromatic rings. The molecule has 3 rings (SSSR count). The van der Waals surface area contributed by atoms with Crippen molar-refractivity contribution in [2.45, 2.75) is 13.1 Å². The van der Waals surface area contributed by atoms with E-state index in [1.807, 2.05) is 60.1 Å². The van der Waals surface area contributed by atoms with Gasteiger partial charge >= 0.3 is 0 Å². The third-order valence-electron chi connectivity index (χ3n) is 3.21. The van der Waals surface area contributed by atoms with Crippen LogP contribution in [0.4, 0.5) is 5.69 Å². The smallest absolute Gasteiger partial charge is 0.120 e. The van der Waals surface area contributed by atoms with Crippen molar-refractivity contribution in [1.82, 2.24) is 15.0 Å². The average molecular weight is 268 g/mol. The van der Waals surface area contributed by atoms with Crippen LogP contribution in [-0.4, -0.2) is 22.1 Å². The van der Waals surface area contributed by atoms with Crippen molar-refractivity contribution in [3.63, 3.8) is 0 Å². The minimum Gasteiger partial charge on any atom is -0.497 e. The second-order valence-electron chi connectivity index (χ2n) is 4.57. The van der Waals surface area contributed by atoms with Crippen LogP contribution < -0.4 is 10.1 Å². The lowest BCUT2D eigenvalue weighted by molar-refractivity contribution is 0.415. The molecule has 0 saturated heterocycles. The standard InChI is InChI=1S/C15H16N4O/c1-11(16-12-7-9-13(20-2)10-8-12)19-15-6-4-3-5-14(15)17-18-19/h3-11,16H,1-2H3. The first kappa shape index (κ1) is 12.5. The lowest BCUT2D eigenvalue weighted by Gasteiger charge is -2.16. The predicted molar refractivity (Wildman–Crippen MR) is 78.9 cm³/mol. The number of para-hydroxylation sites is 1. The van der Waals surface area contributed by atoms with Crippen LogP contribution in [0.15, 0.2) is 48.5 Å². The molecule has 5 nitrogen and oxygen atoms in total. The molecule has 5 heteroatoms. The van der Waals surface area contributed by atoms with Gasteiger partial charge in [0.25, 0.3) is 0 Å². The number of ether oxygens (including phenoxy) is 1. The summed E-state index contributed by atoms with van der Waals surface area (Å²) in [5, 5.41) is 11.8. The third kappa shape index (κ3) is 2.30. The Kier molecular flexibility index (Phi) is 3.25. The minimum atomic E-state index is 0.01000. The van der Waals surface area contributed by atoms with E-state index in [9.17, 15) is 0 Å². The van der Waals surface area contributed by atoms with Crippen LogP contribution >= 0.6 is 0 Å². The number of hydrogen-bond acceptors (Lipinski definition) is 4. The Labute approximate surface area is 117 Å². The highest BCUT2D eigenvalue weighted by molar-refractivity contribution is 5.74. The van der Waals surface area contributed by atoms with Gasteiger partial charge in [0.15, 0.2) is 0 Å². The number of hydrogen-bond donors (Lipinski definition) is 1. The third-order valence-corrected chi connectivity index (χ3v) is 3.21. The molecule has 1 heterocycles. The molecular formula is C15H16N4O. The molecule has 1 unspecified atom stereocenters. The van der Waals surface area contributed by atoms with Gasteiger partial charge in [0, 0.05) is 5.69 Å². The maximum Gasteiger partial charge on any atom is 0.120 e. The van der Waals surface area contributed by atoms with E-state index in [1.165, 1.54) is 0 Å². The summed E-state index contributed by atoms with van der Waals surface area (Å²) in [6.45, 7) is 2.05. The molecule has 2 aromatic carbocycles. The normalized spacial score (nSPS) is 12.3. The fraction of sp³-hybridized carbons (Fsp3) is 0.200. The van der Waals surface area contributed by atoms with E-state index >= 15 is 0 Å². The Balaban J connectivity index is 1.83. The molecule has 0 saturated carbocycles. The molecule has 0 spiro atoms. The van der Waals surface area contributed by atoms with Gasteiger partial charge in [-0.25, -0.2) is 4.68 Å². The maximum atomic E-state index is 5.15. The maximum absolute atomic E-state index is 5.15. The summed E-state index contributed by atoms with van der Waals surface area (Å²) in [5.74, 6) is 0.842. The zero-order chi connectivity index (χ0) is 13.9. The molecule has 1 aromatic heterocycles. The molecule has 102 valence electrons. The van der Waals surface area contributed by atoms with Crippen molar-refractivity contribution < 1.29 is 4.74 Å². The van der Waals surface area contributed by atoms with Crippen molar-refractivity contribution in [1.29, 1.82) is 0 Å². The van der Waals surface area contributed by atoms with Crippen LogP contribution in [0.5, 0.6) is 5.75 Å². The average Bonchev–Trinajstić information content (AvgIpc) is 2.92. The van der Waals surface area contributed by atoms with Crippen LogP contribution in [0.2, 0.25) is 0 Å². The van der Waals surface area contributed by atoms with Gasteiger partial charge in [0.1, 0.15) is 17.4 Å². The van der Waals surface area contributed by atoms with Crippen molar-refractivity contribution in [2.24, 2.45) is 0 Å². The minimum absolute atomic E-state index is 0.01000. The number of benzene rings is 2. The second kappa shape index (κ2) is 5.21. The number of anilines is 1. The van der Waals surface area contributed by atoms with Crippen LogP contribution in [0.1, 0.15) is 13.1 Å². The van der Waals surface area contributed by atoms with E-state index in [0.717, 1.165) is 22.5 Å². The Morgan fingerprint density at radius 2 is 1.85 bits per heavy atom. The van der Waals surface area contributed by atoms with E-state index in [1.54, 1.807) is 7.11 Å². The molecule has 0 bridgehead atoms. The van der Waals surface area contributed by atoms with Crippen molar-refractivity contribution in [3.05, 3.63) is 48.5 Å². The lowest BCUT2D eigenvalue weighted by atomic mass is 10.3. The highest BCUT2D eigenvalue weighted by atomic mass is 16.5. The van der Waals surface area contributed by atoms with Gasteiger partial charge in [0.2, 0.25) is 0 Å². The molecule has 1 N–H and O–H groups in total. The molecule has 20 heavy (non-hydrogen) atoms. The Morgan fingerprint density at radius 3 is 2.60 bits per heavy atom. The number of rotatable bonds is 4. The number of nitrogens with one attached hydrogen (secondary N) is 1. The molecule has 0 aliphatic heterocycles. The Hall–Kier alpha value is -2.56. The molecular weight excluding hydrogens is 252 g/mol. The summed E-state index contributed by atoms with van der Waals surface area (Å²) in [4.78, 5) is 0. The summed E-state index contributed by atoms with van der Waals surface area (Å²) in [6.07, 6.45) is 0.01000. The monoisotopic (exact) mass is 268 g/mol. The van der Waals surface area contributed by atoms with Gasteiger partial charge in [-0.2, -0.15) is 0 Å². The number of nitrogens with zero attached hydrogens (tertiary/aromatic N) is 3. The summed E-state index contributed by atoms with van der Waals surface area (Å²) >= 11 is 0. The van der Waals surface area contributed by atoms with Gasteiger partial charge in [-0.3, -0.25) is 0 Å². The van der Waals surface area contributed by atoms with Crippen molar-refractivity contribution in [3.8, 4) is 5.75 Å².